The number of hydrogen-bond donors (Lipinski definition) is 4. The molecule has 2 aromatic rings. The van der Waals surface area contributed by atoms with E-state index >= 15 is 0 Å². The zero-order valence-corrected chi connectivity index (χ0v) is 18.0. The number of H-pyrrole nitrogens is 1. The number of sulfonamides is 1. The number of rotatable bonds is 0. The Morgan fingerprint density at radius 2 is 2.03 bits per heavy atom. The van der Waals surface area contributed by atoms with Crippen LogP contribution in [0.25, 0.3) is 0 Å². The number of alkyl carbamates (subject to hydrolysis) is 1. The quantitative estimate of drug-likeness (QED) is 0.488. The number of nitrogens with zero attached hydrogens (tertiary/aromatic N) is 1. The van der Waals surface area contributed by atoms with Gasteiger partial charge in [0.05, 0.1) is 10.6 Å². The van der Waals surface area contributed by atoms with Gasteiger partial charge in [0.15, 0.2) is 5.82 Å². The average molecular weight is 452 g/mol. The van der Waals surface area contributed by atoms with E-state index in [0.29, 0.717) is 25.1 Å². The summed E-state index contributed by atoms with van der Waals surface area (Å²) in [5, 5.41) is 12.8. The van der Waals surface area contributed by atoms with Gasteiger partial charge >= 0.3 is 6.09 Å². The van der Waals surface area contributed by atoms with Crippen molar-refractivity contribution < 1.29 is 22.3 Å². The van der Waals surface area contributed by atoms with Gasteiger partial charge in [-0.3, -0.25) is 5.10 Å². The fourth-order valence-electron chi connectivity index (χ4n) is 4.00. The molecule has 2 aliphatic heterocycles. The van der Waals surface area contributed by atoms with Crippen molar-refractivity contribution >= 4 is 27.6 Å². The van der Waals surface area contributed by atoms with E-state index < -0.39 is 21.9 Å². The van der Waals surface area contributed by atoms with E-state index in [2.05, 4.69) is 25.6 Å². The predicted molar refractivity (Wildman–Crippen MR) is 112 cm³/mol. The van der Waals surface area contributed by atoms with Gasteiger partial charge in [-0.2, -0.15) is 5.10 Å². The van der Waals surface area contributed by atoms with Crippen LogP contribution in [0.3, 0.4) is 0 Å². The first kappa shape index (κ1) is 21.6. The SMILES string of the molecule is CC1CCCNS(=O)(=O)c2ccc(c(F)c2)Nc2cc([nH]n2)[C@H]2CC[C@H](C2)OC(=O)N1. The van der Waals surface area contributed by atoms with Crippen LogP contribution in [0.1, 0.15) is 50.6 Å². The lowest BCUT2D eigenvalue weighted by atomic mass is 10.0. The van der Waals surface area contributed by atoms with E-state index in [4.69, 9.17) is 4.74 Å². The number of hydrogen-bond acceptors (Lipinski definition) is 6. The fourth-order valence-corrected chi connectivity index (χ4v) is 5.08. The van der Waals surface area contributed by atoms with Crippen LogP contribution >= 0.6 is 0 Å². The molecule has 5 rings (SSSR count). The molecule has 3 atom stereocenters. The number of carbonyl (C=O) groups is 1. The van der Waals surface area contributed by atoms with Gasteiger partial charge in [-0.25, -0.2) is 22.3 Å². The third kappa shape index (κ3) is 5.16. The topological polar surface area (TPSA) is 125 Å². The highest BCUT2D eigenvalue weighted by molar-refractivity contribution is 7.89. The minimum absolute atomic E-state index is 0.129. The van der Waals surface area contributed by atoms with E-state index in [-0.39, 0.29) is 35.2 Å². The Labute approximate surface area is 180 Å². The molecule has 1 amide bonds. The summed E-state index contributed by atoms with van der Waals surface area (Å²) >= 11 is 0. The molecule has 11 heteroatoms. The Bertz CT molecular complexity index is 1060. The minimum Gasteiger partial charge on any atom is -0.446 e. The first-order chi connectivity index (χ1) is 14.8. The second kappa shape index (κ2) is 8.83. The maximum absolute atomic E-state index is 14.6. The minimum atomic E-state index is -3.85. The third-order valence-corrected chi connectivity index (χ3v) is 7.14. The van der Waals surface area contributed by atoms with Gasteiger partial charge in [-0.15, -0.1) is 0 Å². The fraction of sp³-hybridized carbons (Fsp3) is 0.500. The van der Waals surface area contributed by atoms with Crippen LogP contribution in [0.2, 0.25) is 0 Å². The van der Waals surface area contributed by atoms with Crippen LogP contribution in [0.5, 0.6) is 0 Å². The third-order valence-electron chi connectivity index (χ3n) is 5.68. The van der Waals surface area contributed by atoms with Gasteiger partial charge in [-0.05, 0) is 57.2 Å². The first-order valence-electron chi connectivity index (χ1n) is 10.4. The lowest BCUT2D eigenvalue weighted by Gasteiger charge is -2.17. The Balaban J connectivity index is 1.58. The number of aromatic nitrogens is 2. The standard InChI is InChI=1S/C20H26FN5O4S/c1-12-3-2-8-22-31(28,29)15-6-7-17(16(21)10-15)24-19-11-18(25-26-19)13-4-5-14(9-13)30-20(27)23-12/h6-7,10-14,22H,2-5,8-9H2,1H3,(H,23,27)(H2,24,25,26)/t12?,13-,14+/m0/s1. The van der Waals surface area contributed by atoms with Crippen molar-refractivity contribution in [3.63, 3.8) is 0 Å². The number of anilines is 2. The lowest BCUT2D eigenvalue weighted by molar-refractivity contribution is 0.0972. The van der Waals surface area contributed by atoms with Crippen LogP contribution in [-0.2, 0) is 14.8 Å². The van der Waals surface area contributed by atoms with E-state index in [1.807, 2.05) is 6.92 Å². The van der Waals surface area contributed by atoms with Gasteiger partial charge in [0.2, 0.25) is 10.0 Å². The van der Waals surface area contributed by atoms with Gasteiger partial charge < -0.3 is 15.4 Å². The van der Waals surface area contributed by atoms with E-state index in [1.54, 1.807) is 6.07 Å². The largest absolute Gasteiger partial charge is 0.446 e. The Morgan fingerprint density at radius 1 is 1.19 bits per heavy atom. The molecule has 0 saturated heterocycles. The lowest BCUT2D eigenvalue weighted by Crippen LogP contribution is -2.35. The maximum atomic E-state index is 14.6. The summed E-state index contributed by atoms with van der Waals surface area (Å²) in [5.74, 6) is -0.104. The average Bonchev–Trinajstić information content (AvgIpc) is 3.35. The molecule has 1 unspecified atom stereocenters. The second-order valence-corrected chi connectivity index (χ2v) is 9.86. The molecule has 3 aliphatic rings. The summed E-state index contributed by atoms with van der Waals surface area (Å²) in [5.41, 5.74) is 1.00. The number of halogens is 1. The van der Waals surface area contributed by atoms with Crippen molar-refractivity contribution in [2.24, 2.45) is 0 Å². The van der Waals surface area contributed by atoms with E-state index in [9.17, 15) is 17.6 Å². The molecule has 1 fully saturated rings. The first-order valence-corrected chi connectivity index (χ1v) is 11.9. The highest BCUT2D eigenvalue weighted by atomic mass is 32.2. The zero-order valence-electron chi connectivity index (χ0n) is 17.2. The molecule has 4 N–H and O–H groups in total. The Hall–Kier alpha value is -2.66. The summed E-state index contributed by atoms with van der Waals surface area (Å²) < 4.78 is 47.5. The normalized spacial score (nSPS) is 26.5. The Kier molecular flexibility index (Phi) is 6.15. The van der Waals surface area contributed by atoms with Gasteiger partial charge in [0, 0.05) is 30.3 Å². The molecule has 9 nitrogen and oxygen atoms in total. The highest BCUT2D eigenvalue weighted by Crippen LogP contribution is 2.36. The monoisotopic (exact) mass is 451 g/mol. The number of carbonyl (C=O) groups excluding carboxylic acids is 1. The molecular formula is C20H26FN5O4S. The molecular weight excluding hydrogens is 425 g/mol. The predicted octanol–water partition coefficient (Wildman–Crippen LogP) is 3.12. The van der Waals surface area contributed by atoms with E-state index in [0.717, 1.165) is 24.6 Å². The molecule has 6 bridgehead atoms. The molecule has 1 aromatic heterocycles. The maximum Gasteiger partial charge on any atom is 0.407 e. The summed E-state index contributed by atoms with van der Waals surface area (Å²) in [4.78, 5) is 12.0. The number of fused-ring (bicyclic) bond motifs is 10. The van der Waals surface area contributed by atoms with Crippen LogP contribution in [0.4, 0.5) is 20.7 Å². The van der Waals surface area contributed by atoms with Crippen LogP contribution in [-0.4, -0.2) is 43.4 Å². The molecule has 0 spiro atoms. The van der Waals surface area contributed by atoms with Gasteiger partial charge in [-0.1, -0.05) is 0 Å². The van der Waals surface area contributed by atoms with Crippen molar-refractivity contribution in [3.05, 3.63) is 35.8 Å². The number of aromatic amines is 1. The molecule has 1 aliphatic carbocycles. The van der Waals surface area contributed by atoms with Crippen molar-refractivity contribution in [1.29, 1.82) is 0 Å². The van der Waals surface area contributed by atoms with Gasteiger partial charge in [0.1, 0.15) is 11.9 Å². The smallest absolute Gasteiger partial charge is 0.407 e. The second-order valence-electron chi connectivity index (χ2n) is 8.10. The number of nitrogens with one attached hydrogen (secondary N) is 4. The summed E-state index contributed by atoms with van der Waals surface area (Å²) in [6, 6.07) is 5.34. The van der Waals surface area contributed by atoms with Crippen LogP contribution in [0.15, 0.2) is 29.2 Å². The van der Waals surface area contributed by atoms with E-state index in [1.165, 1.54) is 12.1 Å². The molecule has 1 saturated carbocycles. The number of benzene rings is 1. The van der Waals surface area contributed by atoms with Crippen LogP contribution < -0.4 is 15.4 Å². The molecule has 0 radical (unpaired) electrons. The highest BCUT2D eigenvalue weighted by Gasteiger charge is 2.30. The summed E-state index contributed by atoms with van der Waals surface area (Å²) in [6.45, 7) is 2.01. The van der Waals surface area contributed by atoms with Crippen molar-refractivity contribution in [1.82, 2.24) is 20.2 Å². The molecule has 168 valence electrons. The summed E-state index contributed by atoms with van der Waals surface area (Å²) in [7, 11) is -3.85. The van der Waals surface area contributed by atoms with Crippen molar-refractivity contribution in [3.8, 4) is 0 Å². The molecule has 3 heterocycles. The molecule has 31 heavy (non-hydrogen) atoms. The number of ether oxygens (including phenoxy) is 1. The van der Waals surface area contributed by atoms with Gasteiger partial charge in [0.25, 0.3) is 0 Å². The zero-order chi connectivity index (χ0) is 22.0. The summed E-state index contributed by atoms with van der Waals surface area (Å²) in [6.07, 6.45) is 2.73. The van der Waals surface area contributed by atoms with Crippen molar-refractivity contribution in [2.75, 3.05) is 11.9 Å². The number of amides is 1. The van der Waals surface area contributed by atoms with Crippen LogP contribution in [0, 0.1) is 5.82 Å². The Morgan fingerprint density at radius 3 is 2.84 bits per heavy atom. The molecule has 1 aromatic carbocycles. The van der Waals surface area contributed by atoms with Crippen molar-refractivity contribution in [2.45, 2.75) is 62.0 Å².